The quantitative estimate of drug-likeness (QED) is 0.858. The van der Waals surface area contributed by atoms with Gasteiger partial charge in [0.2, 0.25) is 0 Å². The van der Waals surface area contributed by atoms with Crippen molar-refractivity contribution < 1.29 is 18.8 Å². The van der Waals surface area contributed by atoms with Crippen molar-refractivity contribution in [1.29, 1.82) is 0 Å². The average molecular weight is 397 g/mol. The van der Waals surface area contributed by atoms with E-state index in [9.17, 15) is 9.59 Å². The Kier molecular flexibility index (Phi) is 5.56. The number of aromatic nitrogens is 1. The van der Waals surface area contributed by atoms with Crippen LogP contribution in [0, 0.1) is 19.8 Å². The van der Waals surface area contributed by atoms with Crippen LogP contribution in [0.15, 0.2) is 22.7 Å². The van der Waals surface area contributed by atoms with E-state index in [-0.39, 0.29) is 11.8 Å². The van der Waals surface area contributed by atoms with Gasteiger partial charge < -0.3 is 19.5 Å². The standard InChI is InChI=1S/C22H27N3O4/c1-14-20(15(2)29-24-14)22(27)25-9-7-16(8-10-25)13-23-21(26)18-5-6-19-17(12-18)4-3-11-28-19/h5-6,12,16H,3-4,7-11,13H2,1-2H3,(H,23,26). The number of ether oxygens (including phenoxy) is 1. The molecule has 1 N–H and O–H groups in total. The number of hydrogen-bond acceptors (Lipinski definition) is 5. The number of rotatable bonds is 4. The largest absolute Gasteiger partial charge is 0.493 e. The number of aryl methyl sites for hydroxylation is 3. The fourth-order valence-corrected chi connectivity index (χ4v) is 4.13. The number of carbonyl (C=O) groups is 2. The second-order valence-corrected chi connectivity index (χ2v) is 7.92. The molecule has 2 amide bonds. The van der Waals surface area contributed by atoms with E-state index in [0.29, 0.717) is 48.1 Å². The van der Waals surface area contributed by atoms with Gasteiger partial charge in [-0.3, -0.25) is 9.59 Å². The van der Waals surface area contributed by atoms with Crippen molar-refractivity contribution in [2.75, 3.05) is 26.2 Å². The van der Waals surface area contributed by atoms with Gasteiger partial charge in [0.25, 0.3) is 11.8 Å². The van der Waals surface area contributed by atoms with Crippen molar-refractivity contribution >= 4 is 11.8 Å². The summed E-state index contributed by atoms with van der Waals surface area (Å²) < 4.78 is 10.7. The molecule has 2 aliphatic rings. The number of hydrogen-bond donors (Lipinski definition) is 1. The van der Waals surface area contributed by atoms with E-state index in [1.165, 1.54) is 0 Å². The van der Waals surface area contributed by atoms with Crippen LogP contribution in [0.4, 0.5) is 0 Å². The molecule has 154 valence electrons. The van der Waals surface area contributed by atoms with Gasteiger partial charge in [-0.05, 0) is 69.2 Å². The molecule has 1 fully saturated rings. The van der Waals surface area contributed by atoms with Crippen LogP contribution in [-0.2, 0) is 6.42 Å². The molecule has 1 aromatic heterocycles. The lowest BCUT2D eigenvalue weighted by atomic mass is 9.96. The molecular weight excluding hydrogens is 370 g/mol. The van der Waals surface area contributed by atoms with Crippen molar-refractivity contribution in [3.05, 3.63) is 46.3 Å². The number of nitrogens with zero attached hydrogens (tertiary/aromatic N) is 2. The lowest BCUT2D eigenvalue weighted by Crippen LogP contribution is -2.41. The van der Waals surface area contributed by atoms with Gasteiger partial charge in [-0.1, -0.05) is 5.16 Å². The van der Waals surface area contributed by atoms with E-state index in [4.69, 9.17) is 9.26 Å². The highest BCUT2D eigenvalue weighted by Gasteiger charge is 2.27. The zero-order valence-electron chi connectivity index (χ0n) is 17.0. The van der Waals surface area contributed by atoms with Crippen molar-refractivity contribution in [2.24, 2.45) is 5.92 Å². The van der Waals surface area contributed by atoms with Gasteiger partial charge in [-0.15, -0.1) is 0 Å². The molecule has 0 aliphatic carbocycles. The van der Waals surface area contributed by atoms with Crippen molar-refractivity contribution in [3.63, 3.8) is 0 Å². The second kappa shape index (κ2) is 8.27. The van der Waals surface area contributed by atoms with Gasteiger partial charge in [0.05, 0.1) is 12.3 Å². The molecule has 1 aromatic carbocycles. The summed E-state index contributed by atoms with van der Waals surface area (Å²) in [4.78, 5) is 27.1. The Balaban J connectivity index is 1.28. The molecule has 4 rings (SSSR count). The summed E-state index contributed by atoms with van der Waals surface area (Å²) in [5.74, 6) is 1.77. The van der Waals surface area contributed by atoms with Crippen molar-refractivity contribution in [1.82, 2.24) is 15.4 Å². The minimum atomic E-state index is -0.0485. The van der Waals surface area contributed by atoms with Gasteiger partial charge in [-0.2, -0.15) is 0 Å². The third-order valence-electron chi connectivity index (χ3n) is 5.87. The third-order valence-corrected chi connectivity index (χ3v) is 5.87. The normalized spacial score (nSPS) is 16.8. The number of piperidine rings is 1. The van der Waals surface area contributed by atoms with E-state index in [0.717, 1.165) is 43.6 Å². The predicted octanol–water partition coefficient (Wildman–Crippen LogP) is 2.90. The van der Waals surface area contributed by atoms with Crippen LogP contribution >= 0.6 is 0 Å². The van der Waals surface area contributed by atoms with Crippen LogP contribution in [0.5, 0.6) is 5.75 Å². The highest BCUT2D eigenvalue weighted by molar-refractivity contribution is 5.96. The number of fused-ring (bicyclic) bond motifs is 1. The first-order valence-electron chi connectivity index (χ1n) is 10.3. The van der Waals surface area contributed by atoms with Crippen LogP contribution < -0.4 is 10.1 Å². The molecule has 7 nitrogen and oxygen atoms in total. The maximum absolute atomic E-state index is 12.7. The van der Waals surface area contributed by atoms with Gasteiger partial charge in [0, 0.05) is 25.2 Å². The fraction of sp³-hybridized carbons (Fsp3) is 0.500. The van der Waals surface area contributed by atoms with Crippen LogP contribution in [0.25, 0.3) is 0 Å². The average Bonchev–Trinajstić information content (AvgIpc) is 3.09. The molecule has 2 aromatic rings. The molecule has 1 saturated heterocycles. The first-order valence-corrected chi connectivity index (χ1v) is 10.3. The van der Waals surface area contributed by atoms with Gasteiger partial charge in [0.1, 0.15) is 17.1 Å². The number of amides is 2. The van der Waals surface area contributed by atoms with Gasteiger partial charge >= 0.3 is 0 Å². The van der Waals surface area contributed by atoms with E-state index in [2.05, 4.69) is 10.5 Å². The highest BCUT2D eigenvalue weighted by Crippen LogP contribution is 2.26. The summed E-state index contributed by atoms with van der Waals surface area (Å²) in [5, 5.41) is 6.93. The highest BCUT2D eigenvalue weighted by atomic mass is 16.5. The predicted molar refractivity (Wildman–Crippen MR) is 107 cm³/mol. The smallest absolute Gasteiger partial charge is 0.259 e. The summed E-state index contributed by atoms with van der Waals surface area (Å²) in [7, 11) is 0. The van der Waals surface area contributed by atoms with Gasteiger partial charge in [0.15, 0.2) is 0 Å². The minimum absolute atomic E-state index is 0.0139. The summed E-state index contributed by atoms with van der Waals surface area (Å²) >= 11 is 0. The molecule has 0 spiro atoms. The molecule has 0 radical (unpaired) electrons. The SMILES string of the molecule is Cc1noc(C)c1C(=O)N1CCC(CNC(=O)c2ccc3c(c2)CCCO3)CC1. The third kappa shape index (κ3) is 4.13. The fourth-order valence-electron chi connectivity index (χ4n) is 4.13. The summed E-state index contributed by atoms with van der Waals surface area (Å²) in [5.41, 5.74) is 3.00. The monoisotopic (exact) mass is 397 g/mol. The molecule has 0 unspecified atom stereocenters. The maximum atomic E-state index is 12.7. The van der Waals surface area contributed by atoms with E-state index < -0.39 is 0 Å². The Bertz CT molecular complexity index is 893. The van der Waals surface area contributed by atoms with Crippen LogP contribution in [0.3, 0.4) is 0 Å². The number of carbonyl (C=O) groups excluding carboxylic acids is 2. The molecule has 2 aliphatic heterocycles. The van der Waals surface area contributed by atoms with Crippen molar-refractivity contribution in [2.45, 2.75) is 39.5 Å². The second-order valence-electron chi connectivity index (χ2n) is 7.92. The maximum Gasteiger partial charge on any atom is 0.259 e. The molecule has 3 heterocycles. The molecule has 0 saturated carbocycles. The minimum Gasteiger partial charge on any atom is -0.493 e. The first kappa shape index (κ1) is 19.5. The Morgan fingerprint density at radius 3 is 2.76 bits per heavy atom. The van der Waals surface area contributed by atoms with E-state index in [1.54, 1.807) is 13.8 Å². The van der Waals surface area contributed by atoms with E-state index >= 15 is 0 Å². The topological polar surface area (TPSA) is 84.7 Å². The lowest BCUT2D eigenvalue weighted by Gasteiger charge is -2.32. The first-order chi connectivity index (χ1) is 14.0. The zero-order chi connectivity index (χ0) is 20.4. The number of benzene rings is 1. The summed E-state index contributed by atoms with van der Waals surface area (Å²) in [6.07, 6.45) is 3.68. The summed E-state index contributed by atoms with van der Waals surface area (Å²) in [6.45, 7) is 6.29. The molecule has 0 bridgehead atoms. The Morgan fingerprint density at radius 2 is 2.03 bits per heavy atom. The number of likely N-dealkylation sites (tertiary alicyclic amines) is 1. The number of nitrogens with one attached hydrogen (secondary N) is 1. The Hall–Kier alpha value is -2.83. The van der Waals surface area contributed by atoms with Crippen LogP contribution in [-0.4, -0.2) is 48.1 Å². The summed E-state index contributed by atoms with van der Waals surface area (Å²) in [6, 6.07) is 5.65. The van der Waals surface area contributed by atoms with E-state index in [1.807, 2.05) is 23.1 Å². The van der Waals surface area contributed by atoms with Gasteiger partial charge in [-0.25, -0.2) is 0 Å². The molecule has 7 heteroatoms. The molecular formula is C22H27N3O4. The van der Waals surface area contributed by atoms with Crippen LogP contribution in [0.2, 0.25) is 0 Å². The van der Waals surface area contributed by atoms with Crippen LogP contribution in [0.1, 0.15) is 57.0 Å². The Morgan fingerprint density at radius 1 is 1.24 bits per heavy atom. The zero-order valence-corrected chi connectivity index (χ0v) is 17.0. The molecule has 0 atom stereocenters. The molecule has 29 heavy (non-hydrogen) atoms. The van der Waals surface area contributed by atoms with Crippen molar-refractivity contribution in [3.8, 4) is 5.75 Å². The lowest BCUT2D eigenvalue weighted by molar-refractivity contribution is 0.0682. The Labute approximate surface area is 170 Å².